The second-order valence-corrected chi connectivity index (χ2v) is 3.68. The molecule has 0 saturated carbocycles. The molecule has 2 nitrogen and oxygen atoms in total. The van der Waals surface area contributed by atoms with Crippen LogP contribution in [0, 0.1) is 5.92 Å². The van der Waals surface area contributed by atoms with E-state index >= 15 is 0 Å². The minimum Gasteiger partial charge on any atom is -0.315 e. The van der Waals surface area contributed by atoms with E-state index in [2.05, 4.69) is 31.1 Å². The van der Waals surface area contributed by atoms with Crippen molar-refractivity contribution in [1.82, 2.24) is 10.2 Å². The first kappa shape index (κ1) is 9.01. The van der Waals surface area contributed by atoms with Gasteiger partial charge in [0.05, 0.1) is 0 Å². The van der Waals surface area contributed by atoms with Crippen molar-refractivity contribution in [2.45, 2.75) is 26.3 Å². The Labute approximate surface area is 70.0 Å². The van der Waals surface area contributed by atoms with Gasteiger partial charge in [-0.25, -0.2) is 0 Å². The Morgan fingerprint density at radius 3 is 2.64 bits per heavy atom. The van der Waals surface area contributed by atoms with Gasteiger partial charge in [0.25, 0.3) is 0 Å². The van der Waals surface area contributed by atoms with E-state index in [1.807, 2.05) is 0 Å². The summed E-state index contributed by atoms with van der Waals surface area (Å²) >= 11 is 0. The van der Waals surface area contributed by atoms with Gasteiger partial charge in [-0.1, -0.05) is 13.8 Å². The summed E-state index contributed by atoms with van der Waals surface area (Å²) in [6.45, 7) is 8.17. The van der Waals surface area contributed by atoms with Gasteiger partial charge in [-0.2, -0.15) is 0 Å². The summed E-state index contributed by atoms with van der Waals surface area (Å²) in [6, 6.07) is 0.773. The lowest BCUT2D eigenvalue weighted by Gasteiger charge is -2.26. The molecule has 1 fully saturated rings. The molecule has 1 heterocycles. The fourth-order valence-electron chi connectivity index (χ4n) is 1.90. The molecule has 66 valence electrons. The second kappa shape index (κ2) is 4.07. The van der Waals surface area contributed by atoms with E-state index in [1.54, 1.807) is 0 Å². The average Bonchev–Trinajstić information content (AvgIpc) is 2.36. The van der Waals surface area contributed by atoms with Gasteiger partial charge >= 0.3 is 0 Å². The highest BCUT2D eigenvalue weighted by atomic mass is 15.2. The number of rotatable bonds is 3. The molecule has 0 amide bonds. The number of nitrogens with zero attached hydrogens (tertiary/aromatic N) is 1. The average molecular weight is 156 g/mol. The quantitative estimate of drug-likeness (QED) is 0.654. The Morgan fingerprint density at radius 2 is 2.18 bits per heavy atom. The van der Waals surface area contributed by atoms with Gasteiger partial charge in [0, 0.05) is 12.6 Å². The molecule has 11 heavy (non-hydrogen) atoms. The Hall–Kier alpha value is -0.0800. The molecule has 1 rings (SSSR count). The third-order valence-electron chi connectivity index (χ3n) is 2.62. The van der Waals surface area contributed by atoms with Crippen molar-refractivity contribution in [1.29, 1.82) is 0 Å². The maximum Gasteiger partial charge on any atom is 0.0255 e. The fourth-order valence-corrected chi connectivity index (χ4v) is 1.90. The third-order valence-corrected chi connectivity index (χ3v) is 2.62. The van der Waals surface area contributed by atoms with Crippen molar-refractivity contribution in [3.63, 3.8) is 0 Å². The van der Waals surface area contributed by atoms with Gasteiger partial charge < -0.3 is 10.2 Å². The summed E-state index contributed by atoms with van der Waals surface area (Å²) in [6.07, 6.45) is 1.26. The Morgan fingerprint density at radius 1 is 1.45 bits per heavy atom. The largest absolute Gasteiger partial charge is 0.315 e. The topological polar surface area (TPSA) is 15.3 Å². The molecule has 2 unspecified atom stereocenters. The lowest BCUT2D eigenvalue weighted by Crippen LogP contribution is -2.37. The Balaban J connectivity index is 2.33. The highest BCUT2D eigenvalue weighted by Crippen LogP contribution is 2.13. The molecular weight excluding hydrogens is 136 g/mol. The van der Waals surface area contributed by atoms with Gasteiger partial charge in [-0.3, -0.25) is 0 Å². The predicted molar refractivity (Wildman–Crippen MR) is 48.7 cm³/mol. The first-order valence-electron chi connectivity index (χ1n) is 4.66. The molecule has 1 saturated heterocycles. The molecule has 2 atom stereocenters. The maximum absolute atomic E-state index is 3.42. The van der Waals surface area contributed by atoms with Crippen molar-refractivity contribution in [2.75, 3.05) is 26.7 Å². The standard InChI is InChI=1S/C9H20N2/c1-4-5-11(3)9-7-10-6-8(9)2/h8-10H,4-7H2,1-3H3. The zero-order chi connectivity index (χ0) is 8.27. The van der Waals surface area contributed by atoms with Crippen LogP contribution >= 0.6 is 0 Å². The van der Waals surface area contributed by atoms with Gasteiger partial charge in [-0.05, 0) is 32.5 Å². The first-order chi connectivity index (χ1) is 5.25. The van der Waals surface area contributed by atoms with Crippen LogP contribution < -0.4 is 5.32 Å². The summed E-state index contributed by atoms with van der Waals surface area (Å²) in [5.41, 5.74) is 0. The first-order valence-corrected chi connectivity index (χ1v) is 4.66. The minimum absolute atomic E-state index is 0.773. The molecule has 0 aromatic heterocycles. The molecule has 0 radical (unpaired) electrons. The monoisotopic (exact) mass is 156 g/mol. The van der Waals surface area contributed by atoms with E-state index in [0.29, 0.717) is 0 Å². The van der Waals surface area contributed by atoms with Crippen molar-refractivity contribution in [2.24, 2.45) is 5.92 Å². The van der Waals surface area contributed by atoms with Crippen molar-refractivity contribution >= 4 is 0 Å². The minimum atomic E-state index is 0.773. The highest BCUT2D eigenvalue weighted by Gasteiger charge is 2.25. The molecule has 0 aromatic carbocycles. The third kappa shape index (κ3) is 2.17. The number of hydrogen-bond donors (Lipinski definition) is 1. The van der Waals surface area contributed by atoms with Crippen LogP contribution in [0.3, 0.4) is 0 Å². The van der Waals surface area contributed by atoms with Crippen molar-refractivity contribution in [3.8, 4) is 0 Å². The zero-order valence-electron chi connectivity index (χ0n) is 7.93. The van der Waals surface area contributed by atoms with Crippen LogP contribution in [-0.2, 0) is 0 Å². The van der Waals surface area contributed by atoms with Crippen LogP contribution in [0.5, 0.6) is 0 Å². The van der Waals surface area contributed by atoms with Gasteiger partial charge in [0.2, 0.25) is 0 Å². The molecule has 0 aromatic rings. The van der Waals surface area contributed by atoms with Crippen LogP contribution in [0.1, 0.15) is 20.3 Å². The summed E-state index contributed by atoms with van der Waals surface area (Å²) in [5.74, 6) is 0.826. The van der Waals surface area contributed by atoms with Crippen LogP contribution in [-0.4, -0.2) is 37.6 Å². The van der Waals surface area contributed by atoms with Crippen molar-refractivity contribution in [3.05, 3.63) is 0 Å². The molecule has 1 aliphatic rings. The molecule has 1 aliphatic heterocycles. The number of nitrogens with one attached hydrogen (secondary N) is 1. The lowest BCUT2D eigenvalue weighted by molar-refractivity contribution is 0.220. The SMILES string of the molecule is CCCN(C)C1CNCC1C. The molecule has 0 bridgehead atoms. The number of likely N-dealkylation sites (N-methyl/N-ethyl adjacent to an activating group) is 1. The summed E-state index contributed by atoms with van der Waals surface area (Å²) in [7, 11) is 2.23. The van der Waals surface area contributed by atoms with E-state index in [1.165, 1.54) is 26.1 Å². The number of hydrogen-bond acceptors (Lipinski definition) is 2. The molecule has 0 spiro atoms. The smallest absolute Gasteiger partial charge is 0.0255 e. The van der Waals surface area contributed by atoms with E-state index in [9.17, 15) is 0 Å². The molecule has 1 N–H and O–H groups in total. The van der Waals surface area contributed by atoms with E-state index in [4.69, 9.17) is 0 Å². The second-order valence-electron chi connectivity index (χ2n) is 3.68. The highest BCUT2D eigenvalue weighted by molar-refractivity contribution is 4.84. The summed E-state index contributed by atoms with van der Waals surface area (Å²) in [5, 5.41) is 3.42. The van der Waals surface area contributed by atoms with Gasteiger partial charge in [0.1, 0.15) is 0 Å². The summed E-state index contributed by atoms with van der Waals surface area (Å²) in [4.78, 5) is 2.48. The summed E-state index contributed by atoms with van der Waals surface area (Å²) < 4.78 is 0. The maximum atomic E-state index is 3.42. The van der Waals surface area contributed by atoms with Crippen LogP contribution in [0.2, 0.25) is 0 Å². The van der Waals surface area contributed by atoms with Crippen LogP contribution in [0.4, 0.5) is 0 Å². The molecule has 2 heteroatoms. The van der Waals surface area contributed by atoms with E-state index < -0.39 is 0 Å². The van der Waals surface area contributed by atoms with E-state index in [-0.39, 0.29) is 0 Å². The van der Waals surface area contributed by atoms with Gasteiger partial charge in [0.15, 0.2) is 0 Å². The van der Waals surface area contributed by atoms with E-state index in [0.717, 1.165) is 12.0 Å². The molecule has 0 aliphatic carbocycles. The normalized spacial score (nSPS) is 31.6. The lowest BCUT2D eigenvalue weighted by atomic mass is 10.1. The Kier molecular flexibility index (Phi) is 3.34. The Bertz CT molecular complexity index is 114. The van der Waals surface area contributed by atoms with Crippen LogP contribution in [0.25, 0.3) is 0 Å². The van der Waals surface area contributed by atoms with Crippen molar-refractivity contribution < 1.29 is 0 Å². The van der Waals surface area contributed by atoms with Crippen LogP contribution in [0.15, 0.2) is 0 Å². The fraction of sp³-hybridized carbons (Fsp3) is 1.00. The molecular formula is C9H20N2. The van der Waals surface area contributed by atoms with Gasteiger partial charge in [-0.15, -0.1) is 0 Å². The predicted octanol–water partition coefficient (Wildman–Crippen LogP) is 0.936. The zero-order valence-corrected chi connectivity index (χ0v) is 7.93.